The van der Waals surface area contributed by atoms with Crippen molar-refractivity contribution in [2.75, 3.05) is 0 Å². The third kappa shape index (κ3) is 2.77. The average Bonchev–Trinajstić information content (AvgIpc) is 2.51. The van der Waals surface area contributed by atoms with E-state index in [4.69, 9.17) is 11.6 Å². The fraction of sp³-hybridized carbons (Fsp3) is 0.556. The molecule has 0 bridgehead atoms. The summed E-state index contributed by atoms with van der Waals surface area (Å²) in [5.74, 6) is 0. The summed E-state index contributed by atoms with van der Waals surface area (Å²) >= 11 is 6.66. The number of hydrogen-bond donors (Lipinski definition) is 0. The van der Waals surface area contributed by atoms with E-state index < -0.39 is 0 Å². The van der Waals surface area contributed by atoms with E-state index in [1.165, 1.54) is 27.9 Å². The first kappa shape index (κ1) is 17.9. The van der Waals surface area contributed by atoms with Gasteiger partial charge in [-0.3, -0.25) is 0 Å². The fourth-order valence-electron chi connectivity index (χ4n) is 3.53. The van der Waals surface area contributed by atoms with Crippen LogP contribution in [0.1, 0.15) is 60.3 Å². The van der Waals surface area contributed by atoms with Crippen molar-refractivity contribution in [1.82, 2.24) is 0 Å². The maximum atomic E-state index is 6.66. The van der Waals surface area contributed by atoms with Crippen molar-refractivity contribution in [3.05, 3.63) is 45.0 Å². The summed E-state index contributed by atoms with van der Waals surface area (Å²) in [6.07, 6.45) is 8.82. The summed E-state index contributed by atoms with van der Waals surface area (Å²) in [6, 6.07) is 0. The molecule has 0 unspecified atom stereocenters. The van der Waals surface area contributed by atoms with Crippen molar-refractivity contribution < 1.29 is 19.5 Å². The molecule has 2 aliphatic rings. The summed E-state index contributed by atoms with van der Waals surface area (Å²) in [5.41, 5.74) is 7.38. The standard InChI is InChI=1S/C18H25Cl.Ru/c1-12-13(2)15(4)18(5,14(12)3)16-10-8-6-7-9-11-17(16)19;/h6-7H,8-11H2,1-5H3;. The van der Waals surface area contributed by atoms with E-state index in [1.54, 1.807) is 0 Å². The molecular formula is C18H25ClRu. The van der Waals surface area contributed by atoms with Gasteiger partial charge in [0.05, 0.1) is 0 Å². The van der Waals surface area contributed by atoms with Crippen LogP contribution in [0.4, 0.5) is 0 Å². The van der Waals surface area contributed by atoms with Gasteiger partial charge >= 0.3 is 0 Å². The van der Waals surface area contributed by atoms with Gasteiger partial charge in [0.25, 0.3) is 0 Å². The second kappa shape index (κ2) is 6.76. The maximum Gasteiger partial charge on any atom is 0.0322 e. The van der Waals surface area contributed by atoms with Gasteiger partial charge in [0, 0.05) is 29.9 Å². The number of rotatable bonds is 1. The van der Waals surface area contributed by atoms with E-state index in [1.807, 2.05) is 0 Å². The summed E-state index contributed by atoms with van der Waals surface area (Å²) < 4.78 is 0. The first-order chi connectivity index (χ1) is 8.90. The van der Waals surface area contributed by atoms with Crippen molar-refractivity contribution in [2.24, 2.45) is 5.41 Å². The van der Waals surface area contributed by atoms with Gasteiger partial charge in [-0.25, -0.2) is 0 Å². The van der Waals surface area contributed by atoms with Crippen molar-refractivity contribution in [3.63, 3.8) is 0 Å². The van der Waals surface area contributed by atoms with Crippen molar-refractivity contribution in [3.8, 4) is 0 Å². The Bertz CT molecular complexity index is 494. The zero-order valence-electron chi connectivity index (χ0n) is 13.2. The Balaban J connectivity index is 0.00000200. The first-order valence-electron chi connectivity index (χ1n) is 7.30. The summed E-state index contributed by atoms with van der Waals surface area (Å²) in [7, 11) is 0. The molecule has 0 aromatic rings. The minimum atomic E-state index is 0. The van der Waals surface area contributed by atoms with Crippen molar-refractivity contribution in [2.45, 2.75) is 60.3 Å². The van der Waals surface area contributed by atoms with E-state index in [0.717, 1.165) is 30.7 Å². The van der Waals surface area contributed by atoms with Crippen LogP contribution in [-0.4, -0.2) is 0 Å². The van der Waals surface area contributed by atoms with Gasteiger partial charge in [0.1, 0.15) is 0 Å². The van der Waals surface area contributed by atoms with Crippen LogP contribution in [0.2, 0.25) is 0 Å². The quantitative estimate of drug-likeness (QED) is 0.371. The molecule has 0 radical (unpaired) electrons. The summed E-state index contributed by atoms with van der Waals surface area (Å²) in [5, 5.41) is 1.09. The Hall–Kier alpha value is -0.127. The van der Waals surface area contributed by atoms with Crippen molar-refractivity contribution >= 4 is 11.6 Å². The summed E-state index contributed by atoms with van der Waals surface area (Å²) in [4.78, 5) is 0. The van der Waals surface area contributed by atoms with Gasteiger partial charge in [-0.15, -0.1) is 0 Å². The van der Waals surface area contributed by atoms with Crippen LogP contribution in [0.5, 0.6) is 0 Å². The van der Waals surface area contributed by atoms with Crippen LogP contribution in [-0.2, 0) is 19.5 Å². The third-order valence-corrected chi connectivity index (χ3v) is 5.79. The normalized spacial score (nSPS) is 22.9. The fourth-order valence-corrected chi connectivity index (χ4v) is 3.92. The van der Waals surface area contributed by atoms with E-state index in [2.05, 4.69) is 46.8 Å². The predicted octanol–water partition coefficient (Wildman–Crippen LogP) is 6.30. The van der Waals surface area contributed by atoms with Gasteiger partial charge in [-0.2, -0.15) is 0 Å². The molecule has 0 aromatic heterocycles. The Labute approximate surface area is 141 Å². The summed E-state index contributed by atoms with van der Waals surface area (Å²) in [6.45, 7) is 11.4. The minimum absolute atomic E-state index is 0. The molecule has 0 nitrogen and oxygen atoms in total. The molecule has 0 N–H and O–H groups in total. The molecule has 0 saturated carbocycles. The topological polar surface area (TPSA) is 0 Å². The van der Waals surface area contributed by atoms with Gasteiger partial charge in [-0.1, -0.05) is 34.9 Å². The molecule has 0 heterocycles. The van der Waals surface area contributed by atoms with Crippen LogP contribution < -0.4 is 0 Å². The van der Waals surface area contributed by atoms with Crippen LogP contribution in [0.15, 0.2) is 45.0 Å². The average molecular weight is 378 g/mol. The number of halogens is 1. The Morgan fingerprint density at radius 1 is 0.900 bits per heavy atom. The van der Waals surface area contributed by atoms with Gasteiger partial charge in [0.15, 0.2) is 0 Å². The maximum absolute atomic E-state index is 6.66. The molecule has 0 atom stereocenters. The molecule has 112 valence electrons. The van der Waals surface area contributed by atoms with E-state index in [0.29, 0.717) is 0 Å². The van der Waals surface area contributed by atoms with Gasteiger partial charge < -0.3 is 0 Å². The molecule has 20 heavy (non-hydrogen) atoms. The molecule has 0 fully saturated rings. The number of hydrogen-bond acceptors (Lipinski definition) is 0. The molecule has 2 heteroatoms. The van der Waals surface area contributed by atoms with Crippen LogP contribution in [0, 0.1) is 5.41 Å². The molecule has 0 spiro atoms. The first-order valence-corrected chi connectivity index (χ1v) is 7.67. The van der Waals surface area contributed by atoms with E-state index in [-0.39, 0.29) is 24.9 Å². The molecule has 0 saturated heterocycles. The molecule has 0 aliphatic heterocycles. The predicted molar refractivity (Wildman–Crippen MR) is 85.3 cm³/mol. The van der Waals surface area contributed by atoms with Crippen LogP contribution >= 0.6 is 11.6 Å². The largest absolute Gasteiger partial charge is 0.0891 e. The smallest absolute Gasteiger partial charge is 0.0322 e. The zero-order valence-corrected chi connectivity index (χ0v) is 15.7. The van der Waals surface area contributed by atoms with Crippen molar-refractivity contribution in [1.29, 1.82) is 0 Å². The SMILES string of the molecule is CC1=C(C)C(C)(C2=C(Cl)CCC=CCC2)C(C)=C1C.[Ru]. The second-order valence-corrected chi connectivity index (χ2v) is 6.51. The molecule has 0 amide bonds. The van der Waals surface area contributed by atoms with Gasteiger partial charge in [-0.05, 0) is 77.0 Å². The monoisotopic (exact) mass is 378 g/mol. The zero-order chi connectivity index (χ0) is 14.2. The number of allylic oxidation sites excluding steroid dienone is 8. The van der Waals surface area contributed by atoms with Crippen LogP contribution in [0.3, 0.4) is 0 Å². The molecular weight excluding hydrogens is 353 g/mol. The van der Waals surface area contributed by atoms with Gasteiger partial charge in [0.2, 0.25) is 0 Å². The molecule has 0 aromatic carbocycles. The Morgan fingerprint density at radius 3 is 1.85 bits per heavy atom. The van der Waals surface area contributed by atoms with E-state index in [9.17, 15) is 0 Å². The Morgan fingerprint density at radius 2 is 1.35 bits per heavy atom. The minimum Gasteiger partial charge on any atom is -0.0891 e. The molecule has 2 aliphatic carbocycles. The molecule has 2 rings (SSSR count). The second-order valence-electron chi connectivity index (χ2n) is 6.06. The van der Waals surface area contributed by atoms with E-state index >= 15 is 0 Å². The van der Waals surface area contributed by atoms with Crippen LogP contribution in [0.25, 0.3) is 0 Å². The Kier molecular flexibility index (Phi) is 6.05. The third-order valence-electron chi connectivity index (χ3n) is 5.38.